The minimum Gasteiger partial charge on any atom is -0.484 e. The Balaban J connectivity index is 2.35. The highest BCUT2D eigenvalue weighted by Gasteiger charge is 2.30. The van der Waals surface area contributed by atoms with Crippen molar-refractivity contribution < 1.29 is 32.2 Å². The molecular weight excluding hydrogens is 315 g/mol. The van der Waals surface area contributed by atoms with Gasteiger partial charge in [0.2, 0.25) is 0 Å². The van der Waals surface area contributed by atoms with Gasteiger partial charge in [0.25, 0.3) is 5.91 Å². The molecule has 23 heavy (non-hydrogen) atoms. The van der Waals surface area contributed by atoms with E-state index in [4.69, 9.17) is 9.47 Å². The minimum absolute atomic E-state index is 0.00742. The summed E-state index contributed by atoms with van der Waals surface area (Å²) in [6.07, 6.45) is -4.70. The summed E-state index contributed by atoms with van der Waals surface area (Å²) in [6, 6.07) is 4.24. The number of esters is 1. The fourth-order valence-corrected chi connectivity index (χ4v) is 1.59. The van der Waals surface area contributed by atoms with E-state index in [1.54, 1.807) is 13.8 Å². The Bertz CT molecular complexity index is 544. The molecule has 0 bridgehead atoms. The van der Waals surface area contributed by atoms with Crippen LogP contribution in [-0.2, 0) is 20.5 Å². The normalized spacial score (nSPS) is 11.2. The van der Waals surface area contributed by atoms with Crippen LogP contribution in [-0.4, -0.2) is 31.1 Å². The Morgan fingerprint density at radius 1 is 1.26 bits per heavy atom. The van der Waals surface area contributed by atoms with Crippen LogP contribution in [0.25, 0.3) is 0 Å². The van der Waals surface area contributed by atoms with E-state index in [-0.39, 0.29) is 24.8 Å². The molecule has 5 nitrogen and oxygen atoms in total. The molecule has 0 aromatic heterocycles. The summed E-state index contributed by atoms with van der Waals surface area (Å²) in [6.45, 7) is 3.04. The van der Waals surface area contributed by atoms with Gasteiger partial charge in [-0.2, -0.15) is 13.2 Å². The van der Waals surface area contributed by atoms with Crippen molar-refractivity contribution in [1.82, 2.24) is 5.32 Å². The molecule has 1 amide bonds. The van der Waals surface area contributed by atoms with Crippen LogP contribution in [0.3, 0.4) is 0 Å². The van der Waals surface area contributed by atoms with Crippen LogP contribution < -0.4 is 10.1 Å². The molecule has 0 aliphatic heterocycles. The van der Waals surface area contributed by atoms with Crippen molar-refractivity contribution >= 4 is 11.9 Å². The van der Waals surface area contributed by atoms with Gasteiger partial charge in [-0.1, -0.05) is 6.07 Å². The van der Waals surface area contributed by atoms with Crippen LogP contribution in [0, 0.1) is 0 Å². The zero-order valence-electron chi connectivity index (χ0n) is 12.8. The molecule has 1 aromatic carbocycles. The molecule has 1 aromatic rings. The van der Waals surface area contributed by atoms with Crippen LogP contribution in [0.2, 0.25) is 0 Å². The molecule has 128 valence electrons. The van der Waals surface area contributed by atoms with Gasteiger partial charge in [0.15, 0.2) is 6.61 Å². The molecule has 1 N–H and O–H groups in total. The maximum atomic E-state index is 12.5. The van der Waals surface area contributed by atoms with Gasteiger partial charge in [-0.15, -0.1) is 0 Å². The van der Waals surface area contributed by atoms with Gasteiger partial charge >= 0.3 is 12.1 Å². The van der Waals surface area contributed by atoms with E-state index in [1.807, 2.05) is 0 Å². The standard InChI is InChI=1S/C15H18F3NO4/c1-10(2)23-14(21)6-7-19-13(20)9-22-12-5-3-4-11(8-12)15(16,17)18/h3-5,8,10H,6-7,9H2,1-2H3,(H,19,20). The monoisotopic (exact) mass is 333 g/mol. The number of amides is 1. The summed E-state index contributed by atoms with van der Waals surface area (Å²) in [5, 5.41) is 2.41. The fourth-order valence-electron chi connectivity index (χ4n) is 1.59. The summed E-state index contributed by atoms with van der Waals surface area (Å²) >= 11 is 0. The molecule has 1 rings (SSSR count). The van der Waals surface area contributed by atoms with Crippen molar-refractivity contribution in [1.29, 1.82) is 0 Å². The van der Waals surface area contributed by atoms with Gasteiger partial charge < -0.3 is 14.8 Å². The summed E-state index contributed by atoms with van der Waals surface area (Å²) in [5.74, 6) is -1.05. The summed E-state index contributed by atoms with van der Waals surface area (Å²) in [4.78, 5) is 22.7. The van der Waals surface area contributed by atoms with E-state index in [0.29, 0.717) is 0 Å². The topological polar surface area (TPSA) is 64.6 Å². The van der Waals surface area contributed by atoms with Crippen LogP contribution in [0.15, 0.2) is 24.3 Å². The van der Waals surface area contributed by atoms with Crippen LogP contribution in [0.1, 0.15) is 25.8 Å². The molecule has 0 heterocycles. The number of halogens is 3. The number of carbonyl (C=O) groups excluding carboxylic acids is 2. The molecule has 0 unspecified atom stereocenters. The van der Waals surface area contributed by atoms with E-state index < -0.39 is 30.2 Å². The number of hydrogen-bond acceptors (Lipinski definition) is 4. The van der Waals surface area contributed by atoms with E-state index in [2.05, 4.69) is 5.32 Å². The summed E-state index contributed by atoms with van der Waals surface area (Å²) in [7, 11) is 0. The number of alkyl halides is 3. The van der Waals surface area contributed by atoms with E-state index >= 15 is 0 Å². The third-order valence-corrected chi connectivity index (χ3v) is 2.55. The van der Waals surface area contributed by atoms with Crippen LogP contribution in [0.5, 0.6) is 5.75 Å². The Morgan fingerprint density at radius 2 is 1.96 bits per heavy atom. The number of ether oxygens (including phenoxy) is 2. The molecule has 0 radical (unpaired) electrons. The first-order valence-electron chi connectivity index (χ1n) is 6.94. The maximum absolute atomic E-state index is 12.5. The zero-order chi connectivity index (χ0) is 17.5. The second-order valence-corrected chi connectivity index (χ2v) is 4.95. The number of rotatable bonds is 7. The highest BCUT2D eigenvalue weighted by Crippen LogP contribution is 2.31. The van der Waals surface area contributed by atoms with Gasteiger partial charge in [-0.25, -0.2) is 0 Å². The zero-order valence-corrected chi connectivity index (χ0v) is 12.8. The van der Waals surface area contributed by atoms with Crippen LogP contribution >= 0.6 is 0 Å². The fraction of sp³-hybridized carbons (Fsp3) is 0.467. The van der Waals surface area contributed by atoms with Crippen LogP contribution in [0.4, 0.5) is 13.2 Å². The smallest absolute Gasteiger partial charge is 0.416 e. The second kappa shape index (κ2) is 8.40. The Kier molecular flexibility index (Phi) is 6.87. The Hall–Kier alpha value is -2.25. The third-order valence-electron chi connectivity index (χ3n) is 2.55. The molecule has 0 atom stereocenters. The number of carbonyl (C=O) groups is 2. The van der Waals surface area contributed by atoms with Gasteiger partial charge in [-0.05, 0) is 32.0 Å². The van der Waals surface area contributed by atoms with Crippen molar-refractivity contribution in [3.63, 3.8) is 0 Å². The minimum atomic E-state index is -4.47. The first kappa shape index (κ1) is 18.8. The lowest BCUT2D eigenvalue weighted by molar-refractivity contribution is -0.147. The Labute approximate surface area is 131 Å². The number of nitrogens with one attached hydrogen (secondary N) is 1. The number of benzene rings is 1. The largest absolute Gasteiger partial charge is 0.484 e. The summed E-state index contributed by atoms with van der Waals surface area (Å²) in [5.41, 5.74) is -0.855. The average molecular weight is 333 g/mol. The third kappa shape index (κ3) is 7.53. The Morgan fingerprint density at radius 3 is 2.57 bits per heavy atom. The molecule has 8 heteroatoms. The molecule has 0 aliphatic rings. The molecular formula is C15H18F3NO4. The van der Waals surface area contributed by atoms with Crippen molar-refractivity contribution in [3.8, 4) is 5.75 Å². The molecule has 0 saturated heterocycles. The summed E-state index contributed by atoms with van der Waals surface area (Å²) < 4.78 is 47.4. The molecule has 0 spiro atoms. The van der Waals surface area contributed by atoms with E-state index in [0.717, 1.165) is 12.1 Å². The maximum Gasteiger partial charge on any atom is 0.416 e. The van der Waals surface area contributed by atoms with Crippen molar-refractivity contribution in [3.05, 3.63) is 29.8 Å². The van der Waals surface area contributed by atoms with Crippen molar-refractivity contribution in [2.45, 2.75) is 32.5 Å². The van der Waals surface area contributed by atoms with Gasteiger partial charge in [0, 0.05) is 6.54 Å². The van der Waals surface area contributed by atoms with E-state index in [9.17, 15) is 22.8 Å². The first-order chi connectivity index (χ1) is 10.7. The lowest BCUT2D eigenvalue weighted by Gasteiger charge is -2.11. The van der Waals surface area contributed by atoms with Crippen molar-refractivity contribution in [2.24, 2.45) is 0 Å². The lowest BCUT2D eigenvalue weighted by Crippen LogP contribution is -2.31. The van der Waals surface area contributed by atoms with E-state index in [1.165, 1.54) is 12.1 Å². The SMILES string of the molecule is CC(C)OC(=O)CCNC(=O)COc1cccc(C(F)(F)F)c1. The van der Waals surface area contributed by atoms with Gasteiger partial charge in [-0.3, -0.25) is 9.59 Å². The quantitative estimate of drug-likeness (QED) is 0.779. The second-order valence-electron chi connectivity index (χ2n) is 4.95. The lowest BCUT2D eigenvalue weighted by atomic mass is 10.2. The highest BCUT2D eigenvalue weighted by atomic mass is 19.4. The molecule has 0 saturated carbocycles. The number of hydrogen-bond donors (Lipinski definition) is 1. The average Bonchev–Trinajstić information content (AvgIpc) is 2.43. The molecule has 0 fully saturated rings. The first-order valence-corrected chi connectivity index (χ1v) is 6.94. The van der Waals surface area contributed by atoms with Gasteiger partial charge in [0.05, 0.1) is 18.1 Å². The predicted octanol–water partition coefficient (Wildman–Crippen LogP) is 2.54. The predicted molar refractivity (Wildman–Crippen MR) is 75.8 cm³/mol. The van der Waals surface area contributed by atoms with Crippen molar-refractivity contribution in [2.75, 3.05) is 13.2 Å². The van der Waals surface area contributed by atoms with Gasteiger partial charge in [0.1, 0.15) is 5.75 Å². The molecule has 0 aliphatic carbocycles. The highest BCUT2D eigenvalue weighted by molar-refractivity contribution is 5.78.